The molecule has 0 radical (unpaired) electrons. The number of para-hydroxylation sites is 2. The van der Waals surface area contributed by atoms with Gasteiger partial charge < -0.3 is 9.88 Å². The van der Waals surface area contributed by atoms with Crippen LogP contribution in [-0.4, -0.2) is 22.6 Å². The van der Waals surface area contributed by atoms with Gasteiger partial charge in [0.2, 0.25) is 0 Å². The zero-order valence-corrected chi connectivity index (χ0v) is 12.9. The second-order valence-corrected chi connectivity index (χ2v) is 6.83. The minimum atomic E-state index is 0.645. The minimum absolute atomic E-state index is 0.645. The van der Waals surface area contributed by atoms with Crippen molar-refractivity contribution < 1.29 is 0 Å². The van der Waals surface area contributed by atoms with Crippen LogP contribution in [0.3, 0.4) is 0 Å². The monoisotopic (exact) mass is 283 g/mol. The predicted octanol–water partition coefficient (Wildman–Crippen LogP) is 3.55. The van der Waals surface area contributed by atoms with Crippen LogP contribution < -0.4 is 5.32 Å². The first-order valence-corrected chi connectivity index (χ1v) is 8.51. The molecule has 1 aliphatic carbocycles. The number of fused-ring (bicyclic) bond motifs is 4. The molecule has 112 valence electrons. The maximum Gasteiger partial charge on any atom is 0.109 e. The quantitative estimate of drug-likeness (QED) is 0.913. The highest BCUT2D eigenvalue weighted by Crippen LogP contribution is 2.38. The largest absolute Gasteiger partial charge is 0.325 e. The van der Waals surface area contributed by atoms with E-state index in [1.807, 2.05) is 0 Å². The van der Waals surface area contributed by atoms with Crippen molar-refractivity contribution in [2.75, 3.05) is 13.1 Å². The lowest BCUT2D eigenvalue weighted by atomic mass is 9.95. The Hall–Kier alpha value is -1.35. The van der Waals surface area contributed by atoms with E-state index in [9.17, 15) is 0 Å². The Kier molecular flexibility index (Phi) is 3.46. The summed E-state index contributed by atoms with van der Waals surface area (Å²) in [6.07, 6.45) is 6.47. The van der Waals surface area contributed by atoms with Gasteiger partial charge in [-0.2, -0.15) is 0 Å². The van der Waals surface area contributed by atoms with Crippen molar-refractivity contribution in [2.24, 2.45) is 11.8 Å². The lowest BCUT2D eigenvalue weighted by Gasteiger charge is -2.28. The van der Waals surface area contributed by atoms with Crippen molar-refractivity contribution in [3.63, 3.8) is 0 Å². The summed E-state index contributed by atoms with van der Waals surface area (Å²) in [5, 5.41) is 3.66. The first-order chi connectivity index (χ1) is 10.3. The molecule has 1 aliphatic heterocycles. The number of imidazole rings is 1. The van der Waals surface area contributed by atoms with Crippen LogP contribution in [0.25, 0.3) is 11.0 Å². The van der Waals surface area contributed by atoms with E-state index >= 15 is 0 Å². The van der Waals surface area contributed by atoms with Gasteiger partial charge in [-0.15, -0.1) is 0 Å². The van der Waals surface area contributed by atoms with E-state index in [1.54, 1.807) is 0 Å². The maximum atomic E-state index is 4.88. The third-order valence-corrected chi connectivity index (χ3v) is 5.41. The van der Waals surface area contributed by atoms with Gasteiger partial charge in [0.1, 0.15) is 5.82 Å². The predicted molar refractivity (Wildman–Crippen MR) is 86.5 cm³/mol. The molecule has 0 spiro atoms. The maximum absolute atomic E-state index is 4.88. The molecule has 1 saturated heterocycles. The van der Waals surface area contributed by atoms with Gasteiger partial charge >= 0.3 is 0 Å². The third-order valence-electron chi connectivity index (χ3n) is 5.41. The van der Waals surface area contributed by atoms with E-state index in [2.05, 4.69) is 41.1 Å². The zero-order valence-electron chi connectivity index (χ0n) is 12.9. The molecule has 3 nitrogen and oxygen atoms in total. The smallest absolute Gasteiger partial charge is 0.109 e. The summed E-state index contributed by atoms with van der Waals surface area (Å²) in [4.78, 5) is 4.88. The molecular formula is C18H25N3. The van der Waals surface area contributed by atoms with Gasteiger partial charge in [-0.3, -0.25) is 0 Å². The molecule has 1 aromatic carbocycles. The van der Waals surface area contributed by atoms with Gasteiger partial charge in [0.25, 0.3) is 0 Å². The van der Waals surface area contributed by atoms with Gasteiger partial charge in [0.15, 0.2) is 0 Å². The minimum Gasteiger partial charge on any atom is -0.325 e. The van der Waals surface area contributed by atoms with Crippen LogP contribution in [0.1, 0.15) is 44.5 Å². The molecule has 2 aromatic rings. The Bertz CT molecular complexity index is 616. The van der Waals surface area contributed by atoms with Crippen molar-refractivity contribution in [3.05, 3.63) is 30.1 Å². The van der Waals surface area contributed by atoms with E-state index in [0.717, 1.165) is 18.3 Å². The van der Waals surface area contributed by atoms with Crippen molar-refractivity contribution in [2.45, 2.75) is 45.1 Å². The molecule has 0 amide bonds. The normalized spacial score (nSPS) is 29.5. The van der Waals surface area contributed by atoms with Gasteiger partial charge in [0.05, 0.1) is 11.0 Å². The van der Waals surface area contributed by atoms with E-state index < -0.39 is 0 Å². The van der Waals surface area contributed by atoms with Crippen molar-refractivity contribution in [3.8, 4) is 0 Å². The van der Waals surface area contributed by atoms with Crippen LogP contribution in [0.15, 0.2) is 24.3 Å². The summed E-state index contributed by atoms with van der Waals surface area (Å²) in [6, 6.07) is 9.31. The number of hydrogen-bond donors (Lipinski definition) is 1. The zero-order chi connectivity index (χ0) is 14.2. The Labute approximate surface area is 126 Å². The summed E-state index contributed by atoms with van der Waals surface area (Å²) < 4.78 is 2.58. The molecule has 2 atom stereocenters. The number of hydrogen-bond acceptors (Lipinski definition) is 2. The molecule has 1 saturated carbocycles. The average molecular weight is 283 g/mol. The topological polar surface area (TPSA) is 29.9 Å². The molecule has 3 heteroatoms. The highest BCUT2D eigenvalue weighted by atomic mass is 15.1. The van der Waals surface area contributed by atoms with E-state index in [1.165, 1.54) is 55.6 Å². The highest BCUT2D eigenvalue weighted by Gasteiger charge is 2.31. The van der Waals surface area contributed by atoms with Crippen LogP contribution in [0.2, 0.25) is 0 Å². The lowest BCUT2D eigenvalue weighted by Crippen LogP contribution is -2.30. The Morgan fingerprint density at radius 1 is 1.14 bits per heavy atom. The molecule has 2 bridgehead atoms. The number of nitrogens with one attached hydrogen (secondary N) is 1. The third kappa shape index (κ3) is 2.38. The summed E-state index contributed by atoms with van der Waals surface area (Å²) in [5.74, 6) is 2.95. The average Bonchev–Trinajstić information content (AvgIpc) is 2.62. The van der Waals surface area contributed by atoms with Crippen LogP contribution >= 0.6 is 0 Å². The fourth-order valence-electron chi connectivity index (χ4n) is 4.40. The Balaban J connectivity index is 1.78. The number of benzene rings is 1. The molecule has 4 rings (SSSR count). The Morgan fingerprint density at radius 2 is 1.86 bits per heavy atom. The van der Waals surface area contributed by atoms with Crippen LogP contribution in [0.5, 0.6) is 0 Å². The molecule has 1 aromatic heterocycles. The van der Waals surface area contributed by atoms with Crippen LogP contribution in [0.4, 0.5) is 0 Å². The summed E-state index contributed by atoms with van der Waals surface area (Å²) in [5.41, 5.74) is 2.51. The molecule has 2 fully saturated rings. The van der Waals surface area contributed by atoms with E-state index in [4.69, 9.17) is 4.98 Å². The lowest BCUT2D eigenvalue weighted by molar-refractivity contribution is 0.309. The summed E-state index contributed by atoms with van der Waals surface area (Å²) in [6.45, 7) is 4.65. The van der Waals surface area contributed by atoms with Crippen molar-refractivity contribution in [1.82, 2.24) is 14.9 Å². The van der Waals surface area contributed by atoms with E-state index in [-0.39, 0.29) is 0 Å². The molecule has 2 unspecified atom stereocenters. The van der Waals surface area contributed by atoms with Gasteiger partial charge in [-0.25, -0.2) is 4.98 Å². The fourth-order valence-corrected chi connectivity index (χ4v) is 4.40. The number of aryl methyl sites for hydroxylation is 1. The van der Waals surface area contributed by atoms with Gasteiger partial charge in [0, 0.05) is 12.5 Å². The highest BCUT2D eigenvalue weighted by molar-refractivity contribution is 5.76. The molecule has 1 N–H and O–H groups in total. The first-order valence-electron chi connectivity index (χ1n) is 8.51. The van der Waals surface area contributed by atoms with Crippen LogP contribution in [-0.2, 0) is 6.42 Å². The molecule has 2 heterocycles. The molecule has 2 aliphatic rings. The second kappa shape index (κ2) is 5.45. The first kappa shape index (κ1) is 13.3. The van der Waals surface area contributed by atoms with Crippen molar-refractivity contribution >= 4 is 11.0 Å². The second-order valence-electron chi connectivity index (χ2n) is 6.83. The number of rotatable bonds is 2. The summed E-state index contributed by atoms with van der Waals surface area (Å²) in [7, 11) is 0. The summed E-state index contributed by atoms with van der Waals surface area (Å²) >= 11 is 0. The SMILES string of the molecule is CCc1nc2ccccc2n1C1CC2CCC(CNC2)C1. The Morgan fingerprint density at radius 3 is 2.57 bits per heavy atom. The van der Waals surface area contributed by atoms with Crippen LogP contribution in [0, 0.1) is 11.8 Å². The van der Waals surface area contributed by atoms with E-state index in [0.29, 0.717) is 6.04 Å². The molecular weight excluding hydrogens is 258 g/mol. The number of aromatic nitrogens is 2. The standard InChI is InChI=1S/C18H25N3/c1-2-18-20-16-5-3-4-6-17(16)21(18)15-9-13-7-8-14(10-15)12-19-11-13/h3-6,13-15,19H,2,7-12H2,1H3. The van der Waals surface area contributed by atoms with Gasteiger partial charge in [-0.1, -0.05) is 19.1 Å². The fraction of sp³-hybridized carbons (Fsp3) is 0.611. The molecule has 21 heavy (non-hydrogen) atoms. The number of nitrogens with zero attached hydrogens (tertiary/aromatic N) is 2. The van der Waals surface area contributed by atoms with Gasteiger partial charge in [-0.05, 0) is 62.7 Å². The van der Waals surface area contributed by atoms with Crippen molar-refractivity contribution in [1.29, 1.82) is 0 Å².